The fraction of sp³-hybridized carbons (Fsp3) is 0.407. The molecule has 2 aromatic rings. The van der Waals surface area contributed by atoms with Crippen molar-refractivity contribution in [3.8, 4) is 11.8 Å². The lowest BCUT2D eigenvalue weighted by Gasteiger charge is -2.27. The molecule has 0 amide bonds. The Balaban J connectivity index is 1.46. The van der Waals surface area contributed by atoms with Crippen LogP contribution in [0.4, 0.5) is 8.78 Å². The van der Waals surface area contributed by atoms with Gasteiger partial charge in [0.2, 0.25) is 0 Å². The number of hydrogen-bond donors (Lipinski definition) is 0. The molecule has 0 radical (unpaired) electrons. The van der Waals surface area contributed by atoms with Crippen LogP contribution in [0.3, 0.4) is 0 Å². The normalized spacial score (nSPS) is 19.1. The molecule has 2 aromatic carbocycles. The van der Waals surface area contributed by atoms with Crippen molar-refractivity contribution in [2.24, 2.45) is 5.92 Å². The Morgan fingerprint density at radius 3 is 2.38 bits per heavy atom. The molecule has 0 aliphatic heterocycles. The number of aryl methyl sites for hydroxylation is 1. The van der Waals surface area contributed by atoms with Gasteiger partial charge < -0.3 is 0 Å². The van der Waals surface area contributed by atoms with Crippen LogP contribution >= 0.6 is 0 Å². The van der Waals surface area contributed by atoms with Crippen LogP contribution in [0, 0.1) is 29.4 Å². The van der Waals surface area contributed by atoms with Gasteiger partial charge in [-0.2, -0.15) is 0 Å². The zero-order valence-electron chi connectivity index (χ0n) is 17.3. The summed E-state index contributed by atoms with van der Waals surface area (Å²) in [4.78, 5) is 0. The molecule has 0 heterocycles. The topological polar surface area (TPSA) is 0 Å². The second-order valence-corrected chi connectivity index (χ2v) is 8.07. The van der Waals surface area contributed by atoms with Crippen molar-refractivity contribution in [2.75, 3.05) is 0 Å². The molecule has 3 rings (SSSR count). The molecule has 152 valence electrons. The molecule has 0 spiro atoms. The van der Waals surface area contributed by atoms with Gasteiger partial charge in [-0.25, -0.2) is 8.78 Å². The Labute approximate surface area is 174 Å². The lowest BCUT2D eigenvalue weighted by molar-refractivity contribution is 0.376. The third kappa shape index (κ3) is 6.57. The Morgan fingerprint density at radius 2 is 1.69 bits per heavy atom. The van der Waals surface area contributed by atoms with Crippen LogP contribution in [0.15, 0.2) is 54.6 Å². The number of hydrogen-bond acceptors (Lipinski definition) is 0. The van der Waals surface area contributed by atoms with Crippen LogP contribution in [-0.2, 0) is 6.42 Å². The Morgan fingerprint density at radius 1 is 0.931 bits per heavy atom. The van der Waals surface area contributed by atoms with Gasteiger partial charge in [0, 0.05) is 5.56 Å². The summed E-state index contributed by atoms with van der Waals surface area (Å²) in [7, 11) is 0. The summed E-state index contributed by atoms with van der Waals surface area (Å²) in [6, 6.07) is 13.0. The highest BCUT2D eigenvalue weighted by atomic mass is 19.2. The van der Waals surface area contributed by atoms with E-state index >= 15 is 0 Å². The van der Waals surface area contributed by atoms with E-state index in [4.69, 9.17) is 0 Å². The van der Waals surface area contributed by atoms with Crippen LogP contribution < -0.4 is 0 Å². The first-order valence-electron chi connectivity index (χ1n) is 10.9. The highest BCUT2D eigenvalue weighted by molar-refractivity contribution is 5.37. The first-order chi connectivity index (χ1) is 14.2. The maximum Gasteiger partial charge on any atom is 0.160 e. The second-order valence-electron chi connectivity index (χ2n) is 8.07. The molecule has 0 saturated heterocycles. The number of halogens is 2. The van der Waals surface area contributed by atoms with Gasteiger partial charge in [-0.05, 0) is 85.8 Å². The number of benzene rings is 2. The fourth-order valence-electron chi connectivity index (χ4n) is 4.06. The standard InChI is InChI=1S/C27H30F2/c1-2-3-4-7-21-10-15-24(16-11-21)25-17-12-22(13-18-25)8-5-6-9-23-14-19-26(28)27(29)20-23/h5,8,10-11,14-16,19-20,22,25H,2-4,7,12-13,17-18H2,1H3/b8-5+/t22-,25-. The van der Waals surface area contributed by atoms with E-state index < -0.39 is 11.6 Å². The zero-order chi connectivity index (χ0) is 20.5. The lowest BCUT2D eigenvalue weighted by atomic mass is 9.78. The minimum atomic E-state index is -0.854. The molecule has 1 saturated carbocycles. The molecule has 0 unspecified atom stereocenters. The first kappa shape index (κ1) is 21.3. The largest absolute Gasteiger partial charge is 0.204 e. The van der Waals surface area contributed by atoms with E-state index in [1.807, 2.05) is 6.08 Å². The molecule has 0 N–H and O–H groups in total. The lowest BCUT2D eigenvalue weighted by Crippen LogP contribution is -2.11. The Hall–Kier alpha value is -2.40. The van der Waals surface area contributed by atoms with Gasteiger partial charge in [-0.3, -0.25) is 0 Å². The molecule has 0 bridgehead atoms. The minimum Gasteiger partial charge on any atom is -0.204 e. The van der Waals surface area contributed by atoms with Gasteiger partial charge in [0.25, 0.3) is 0 Å². The number of rotatable bonds is 6. The van der Waals surface area contributed by atoms with Gasteiger partial charge in [-0.15, -0.1) is 0 Å². The Bertz CT molecular complexity index is 860. The SMILES string of the molecule is CCCCCc1ccc([C@H]2CC[C@H](/C=C/C#Cc3ccc(F)c(F)c3)CC2)cc1. The van der Waals surface area contributed by atoms with Crippen molar-refractivity contribution in [3.05, 3.63) is 82.9 Å². The summed E-state index contributed by atoms with van der Waals surface area (Å²) in [5.41, 5.74) is 3.43. The first-order valence-corrected chi connectivity index (χ1v) is 10.9. The quantitative estimate of drug-likeness (QED) is 0.351. The van der Waals surface area contributed by atoms with E-state index in [9.17, 15) is 8.78 Å². The van der Waals surface area contributed by atoms with Crippen molar-refractivity contribution in [1.29, 1.82) is 0 Å². The van der Waals surface area contributed by atoms with Crippen molar-refractivity contribution in [1.82, 2.24) is 0 Å². The molecule has 1 aliphatic rings. The molecule has 0 aromatic heterocycles. The van der Waals surface area contributed by atoms with Gasteiger partial charge in [0.15, 0.2) is 11.6 Å². The monoisotopic (exact) mass is 392 g/mol. The minimum absolute atomic E-state index is 0.496. The third-order valence-corrected chi connectivity index (χ3v) is 5.88. The van der Waals surface area contributed by atoms with Gasteiger partial charge >= 0.3 is 0 Å². The average molecular weight is 393 g/mol. The molecule has 0 atom stereocenters. The van der Waals surface area contributed by atoms with Crippen molar-refractivity contribution < 1.29 is 8.78 Å². The third-order valence-electron chi connectivity index (χ3n) is 5.88. The molecular formula is C27H30F2. The van der Waals surface area contributed by atoms with Crippen LogP contribution in [0.25, 0.3) is 0 Å². The zero-order valence-corrected chi connectivity index (χ0v) is 17.3. The van der Waals surface area contributed by atoms with E-state index in [1.165, 1.54) is 68.6 Å². The number of allylic oxidation sites excluding steroid dienone is 2. The summed E-state index contributed by atoms with van der Waals surface area (Å²) in [6.45, 7) is 2.24. The van der Waals surface area contributed by atoms with Crippen molar-refractivity contribution in [3.63, 3.8) is 0 Å². The molecule has 1 fully saturated rings. The maximum absolute atomic E-state index is 13.2. The predicted octanol–water partition coefficient (Wildman–Crippen LogP) is 7.58. The highest BCUT2D eigenvalue weighted by Gasteiger charge is 2.20. The molecule has 1 aliphatic carbocycles. The van der Waals surface area contributed by atoms with E-state index in [0.29, 0.717) is 17.4 Å². The summed E-state index contributed by atoms with van der Waals surface area (Å²) in [5.74, 6) is 5.34. The molecule has 2 heteroatoms. The summed E-state index contributed by atoms with van der Waals surface area (Å²) >= 11 is 0. The Kier molecular flexibility index (Phi) is 8.05. The molecule has 0 nitrogen and oxygen atoms in total. The number of unbranched alkanes of at least 4 members (excludes halogenated alkanes) is 2. The van der Waals surface area contributed by atoms with E-state index in [-0.39, 0.29) is 0 Å². The summed E-state index contributed by atoms with van der Waals surface area (Å²) < 4.78 is 26.1. The van der Waals surface area contributed by atoms with Crippen LogP contribution in [0.2, 0.25) is 0 Å². The van der Waals surface area contributed by atoms with Crippen molar-refractivity contribution in [2.45, 2.75) is 64.2 Å². The summed E-state index contributed by atoms with van der Waals surface area (Å²) in [5, 5.41) is 0. The molecule has 29 heavy (non-hydrogen) atoms. The second kappa shape index (κ2) is 11.0. The van der Waals surface area contributed by atoms with Gasteiger partial charge in [-0.1, -0.05) is 61.9 Å². The van der Waals surface area contributed by atoms with Crippen LogP contribution in [-0.4, -0.2) is 0 Å². The fourth-order valence-corrected chi connectivity index (χ4v) is 4.06. The van der Waals surface area contributed by atoms with Crippen LogP contribution in [0.1, 0.15) is 74.5 Å². The van der Waals surface area contributed by atoms with E-state index in [1.54, 1.807) is 0 Å². The smallest absolute Gasteiger partial charge is 0.160 e. The van der Waals surface area contributed by atoms with E-state index in [0.717, 1.165) is 12.1 Å². The van der Waals surface area contributed by atoms with Crippen LogP contribution in [0.5, 0.6) is 0 Å². The predicted molar refractivity (Wildman–Crippen MR) is 117 cm³/mol. The average Bonchev–Trinajstić information content (AvgIpc) is 2.75. The summed E-state index contributed by atoms with van der Waals surface area (Å²) in [6.07, 6.45) is 13.8. The van der Waals surface area contributed by atoms with Crippen molar-refractivity contribution >= 4 is 0 Å². The highest BCUT2D eigenvalue weighted by Crippen LogP contribution is 2.36. The maximum atomic E-state index is 13.2. The van der Waals surface area contributed by atoms with Gasteiger partial charge in [0.1, 0.15) is 0 Å². The van der Waals surface area contributed by atoms with E-state index in [2.05, 4.69) is 49.1 Å². The van der Waals surface area contributed by atoms with Gasteiger partial charge in [0.05, 0.1) is 0 Å². The molecular weight excluding hydrogens is 362 g/mol.